The Balaban J connectivity index is 1.56. The zero-order chi connectivity index (χ0) is 16.8. The van der Waals surface area contributed by atoms with Gasteiger partial charge in [-0.15, -0.1) is 0 Å². The van der Waals surface area contributed by atoms with E-state index in [1.54, 1.807) is 12.4 Å². The molecule has 1 aliphatic carbocycles. The number of nitrogens with zero attached hydrogens (tertiary/aromatic N) is 2. The van der Waals surface area contributed by atoms with E-state index in [-0.39, 0.29) is 0 Å². The second-order valence-corrected chi connectivity index (χ2v) is 7.41. The fraction of sp³-hybridized carbons (Fsp3) is 0.524. The molecule has 1 saturated carbocycles. The highest BCUT2D eigenvalue weighted by atomic mass is 35.5. The lowest BCUT2D eigenvalue weighted by molar-refractivity contribution is 0.303. The van der Waals surface area contributed by atoms with Gasteiger partial charge in [0.2, 0.25) is 5.28 Å². The van der Waals surface area contributed by atoms with E-state index < -0.39 is 0 Å². The first kappa shape index (κ1) is 17.4. The number of aromatic nitrogens is 2. The third-order valence-electron chi connectivity index (χ3n) is 5.40. The van der Waals surface area contributed by atoms with Gasteiger partial charge >= 0.3 is 0 Å². The molecule has 0 bridgehead atoms. The van der Waals surface area contributed by atoms with Crippen molar-refractivity contribution in [1.29, 1.82) is 0 Å². The lowest BCUT2D eigenvalue weighted by Gasteiger charge is -2.29. The largest absolute Gasteiger partial charge is 0.226 e. The molecule has 0 radical (unpaired) electrons. The molecule has 2 aromatic rings. The van der Waals surface area contributed by atoms with Crippen molar-refractivity contribution in [3.63, 3.8) is 0 Å². The molecule has 1 aliphatic rings. The summed E-state index contributed by atoms with van der Waals surface area (Å²) in [6.07, 6.45) is 14.7. The fourth-order valence-electron chi connectivity index (χ4n) is 3.88. The van der Waals surface area contributed by atoms with E-state index in [9.17, 15) is 0 Å². The van der Waals surface area contributed by atoms with Crippen molar-refractivity contribution >= 4 is 11.6 Å². The van der Waals surface area contributed by atoms with Crippen LogP contribution >= 0.6 is 11.6 Å². The average molecular weight is 343 g/mol. The van der Waals surface area contributed by atoms with Gasteiger partial charge in [0.25, 0.3) is 0 Å². The van der Waals surface area contributed by atoms with Crippen LogP contribution in [0.15, 0.2) is 36.7 Å². The molecule has 0 N–H and O–H groups in total. The molecule has 24 heavy (non-hydrogen) atoms. The lowest BCUT2D eigenvalue weighted by Crippen LogP contribution is -2.13. The SMILES string of the molecule is CCCCCC1CCC(c2ccc(-c3cnc(Cl)nc3)cc2)CC1. The highest BCUT2D eigenvalue weighted by Crippen LogP contribution is 2.38. The Hall–Kier alpha value is -1.41. The predicted octanol–water partition coefficient (Wildman–Crippen LogP) is 6.65. The summed E-state index contributed by atoms with van der Waals surface area (Å²) in [5, 5.41) is 0.297. The Labute approximate surface area is 150 Å². The summed E-state index contributed by atoms with van der Waals surface area (Å²) in [6, 6.07) is 8.95. The molecule has 0 unspecified atom stereocenters. The quantitative estimate of drug-likeness (QED) is 0.433. The topological polar surface area (TPSA) is 25.8 Å². The number of hydrogen-bond acceptors (Lipinski definition) is 2. The summed E-state index contributed by atoms with van der Waals surface area (Å²) in [5.74, 6) is 1.71. The maximum Gasteiger partial charge on any atom is 0.222 e. The van der Waals surface area contributed by atoms with Crippen molar-refractivity contribution in [1.82, 2.24) is 9.97 Å². The van der Waals surface area contributed by atoms with Crippen molar-refractivity contribution in [3.8, 4) is 11.1 Å². The van der Waals surface area contributed by atoms with E-state index in [2.05, 4.69) is 41.2 Å². The molecule has 0 spiro atoms. The van der Waals surface area contributed by atoms with Crippen LogP contribution in [0.25, 0.3) is 11.1 Å². The third-order valence-corrected chi connectivity index (χ3v) is 5.59. The van der Waals surface area contributed by atoms with Crippen LogP contribution < -0.4 is 0 Å². The van der Waals surface area contributed by atoms with E-state index in [1.165, 1.54) is 56.9 Å². The highest BCUT2D eigenvalue weighted by Gasteiger charge is 2.21. The van der Waals surface area contributed by atoms with Gasteiger partial charge in [-0.25, -0.2) is 9.97 Å². The van der Waals surface area contributed by atoms with Crippen LogP contribution in [0.2, 0.25) is 5.28 Å². The fourth-order valence-corrected chi connectivity index (χ4v) is 3.97. The minimum atomic E-state index is 0.297. The maximum atomic E-state index is 5.76. The molecule has 0 aliphatic heterocycles. The molecule has 0 atom stereocenters. The normalized spacial score (nSPS) is 20.9. The molecule has 1 heterocycles. The van der Waals surface area contributed by atoms with Crippen LogP contribution in [0, 0.1) is 5.92 Å². The van der Waals surface area contributed by atoms with Crippen LogP contribution in [-0.4, -0.2) is 9.97 Å². The van der Waals surface area contributed by atoms with Gasteiger partial charge < -0.3 is 0 Å². The molecular weight excluding hydrogens is 316 g/mol. The summed E-state index contributed by atoms with van der Waals surface area (Å²) in [4.78, 5) is 8.12. The van der Waals surface area contributed by atoms with Gasteiger partial charge in [-0.2, -0.15) is 0 Å². The number of benzene rings is 1. The minimum absolute atomic E-state index is 0.297. The van der Waals surface area contributed by atoms with Gasteiger partial charge in [-0.05, 0) is 60.2 Å². The van der Waals surface area contributed by atoms with E-state index >= 15 is 0 Å². The first-order valence-corrected chi connectivity index (χ1v) is 9.72. The Morgan fingerprint density at radius 2 is 1.58 bits per heavy atom. The van der Waals surface area contributed by atoms with Crippen molar-refractivity contribution in [2.45, 2.75) is 64.2 Å². The average Bonchev–Trinajstić information content (AvgIpc) is 2.63. The summed E-state index contributed by atoms with van der Waals surface area (Å²) >= 11 is 5.76. The molecular formula is C21H27ClN2. The van der Waals surface area contributed by atoms with Gasteiger partial charge in [0, 0.05) is 18.0 Å². The van der Waals surface area contributed by atoms with E-state index in [0.29, 0.717) is 5.28 Å². The summed E-state index contributed by atoms with van der Waals surface area (Å²) in [5.41, 5.74) is 3.66. The smallest absolute Gasteiger partial charge is 0.222 e. The van der Waals surface area contributed by atoms with E-state index in [4.69, 9.17) is 11.6 Å². The second kappa shape index (κ2) is 8.62. The van der Waals surface area contributed by atoms with Crippen molar-refractivity contribution in [3.05, 3.63) is 47.5 Å². The number of rotatable bonds is 6. The van der Waals surface area contributed by atoms with Gasteiger partial charge in [-0.3, -0.25) is 0 Å². The van der Waals surface area contributed by atoms with Crippen molar-refractivity contribution in [2.75, 3.05) is 0 Å². The van der Waals surface area contributed by atoms with Crippen LogP contribution in [-0.2, 0) is 0 Å². The van der Waals surface area contributed by atoms with Crippen LogP contribution in [0.1, 0.15) is 69.8 Å². The molecule has 1 aromatic carbocycles. The number of unbranched alkanes of at least 4 members (excludes halogenated alkanes) is 2. The zero-order valence-electron chi connectivity index (χ0n) is 14.5. The van der Waals surface area contributed by atoms with Gasteiger partial charge in [0.05, 0.1) is 0 Å². The highest BCUT2D eigenvalue weighted by molar-refractivity contribution is 6.28. The monoisotopic (exact) mass is 342 g/mol. The van der Waals surface area contributed by atoms with E-state index in [0.717, 1.165) is 23.0 Å². The number of hydrogen-bond donors (Lipinski definition) is 0. The molecule has 1 fully saturated rings. The van der Waals surface area contributed by atoms with Crippen LogP contribution in [0.5, 0.6) is 0 Å². The van der Waals surface area contributed by atoms with Gasteiger partial charge in [0.15, 0.2) is 0 Å². The standard InChI is InChI=1S/C21H27ClN2/c1-2-3-4-5-16-6-8-17(9-7-16)18-10-12-19(13-11-18)20-14-23-21(22)24-15-20/h10-17H,2-9H2,1H3. The third kappa shape index (κ3) is 4.57. The van der Waals surface area contributed by atoms with Crippen LogP contribution in [0.4, 0.5) is 0 Å². The molecule has 0 saturated heterocycles. The molecule has 2 nitrogen and oxygen atoms in total. The first-order valence-electron chi connectivity index (χ1n) is 9.34. The molecule has 0 amide bonds. The summed E-state index contributed by atoms with van der Waals surface area (Å²) in [6.45, 7) is 2.29. The Kier molecular flexibility index (Phi) is 6.25. The first-order chi connectivity index (χ1) is 11.8. The van der Waals surface area contributed by atoms with Crippen LogP contribution in [0.3, 0.4) is 0 Å². The van der Waals surface area contributed by atoms with Gasteiger partial charge in [-0.1, -0.05) is 56.9 Å². The van der Waals surface area contributed by atoms with Gasteiger partial charge in [0.1, 0.15) is 0 Å². The van der Waals surface area contributed by atoms with E-state index in [1.807, 2.05) is 0 Å². The maximum absolute atomic E-state index is 5.76. The molecule has 3 heteroatoms. The molecule has 128 valence electrons. The summed E-state index contributed by atoms with van der Waals surface area (Å²) < 4.78 is 0. The second-order valence-electron chi connectivity index (χ2n) is 7.08. The lowest BCUT2D eigenvalue weighted by atomic mass is 9.77. The predicted molar refractivity (Wildman–Crippen MR) is 101 cm³/mol. The zero-order valence-corrected chi connectivity index (χ0v) is 15.3. The minimum Gasteiger partial charge on any atom is -0.226 e. The summed E-state index contributed by atoms with van der Waals surface area (Å²) in [7, 11) is 0. The Morgan fingerprint density at radius 3 is 2.21 bits per heavy atom. The number of halogens is 1. The van der Waals surface area contributed by atoms with Crippen molar-refractivity contribution < 1.29 is 0 Å². The van der Waals surface area contributed by atoms with Crippen molar-refractivity contribution in [2.24, 2.45) is 5.92 Å². The molecule has 3 rings (SSSR count). The Morgan fingerprint density at radius 1 is 0.917 bits per heavy atom. The Bertz CT molecular complexity index is 613. The molecule has 1 aromatic heterocycles.